The first kappa shape index (κ1) is 13.6. The largest absolute Gasteiger partial charge is 0.487 e. The molecule has 104 valence electrons. The molecule has 3 rings (SSSR count). The van der Waals surface area contributed by atoms with E-state index in [0.29, 0.717) is 6.61 Å². The Hall–Kier alpha value is -1.39. The Balaban J connectivity index is 1.58. The number of hydrogen-bond acceptors (Lipinski definition) is 3. The lowest BCUT2D eigenvalue weighted by atomic mass is 10.1. The first-order valence-corrected chi connectivity index (χ1v) is 7.64. The SMILES string of the molecule is Brc1cc(CNC2CC2)ccc1COc1cccnc1. The zero-order chi connectivity index (χ0) is 13.8. The van der Waals surface area contributed by atoms with Crippen LogP contribution in [0.4, 0.5) is 0 Å². The van der Waals surface area contributed by atoms with Gasteiger partial charge in [0.25, 0.3) is 0 Å². The van der Waals surface area contributed by atoms with Crippen LogP contribution in [0.5, 0.6) is 5.75 Å². The highest BCUT2D eigenvalue weighted by Gasteiger charge is 2.19. The van der Waals surface area contributed by atoms with Crippen molar-refractivity contribution < 1.29 is 4.74 Å². The van der Waals surface area contributed by atoms with E-state index in [2.05, 4.69) is 44.4 Å². The van der Waals surface area contributed by atoms with Gasteiger partial charge >= 0.3 is 0 Å². The maximum absolute atomic E-state index is 5.71. The maximum Gasteiger partial charge on any atom is 0.138 e. The minimum atomic E-state index is 0.544. The number of halogens is 1. The molecule has 1 aliphatic carbocycles. The zero-order valence-corrected chi connectivity index (χ0v) is 12.8. The number of ether oxygens (including phenoxy) is 1. The van der Waals surface area contributed by atoms with Crippen molar-refractivity contribution in [1.82, 2.24) is 10.3 Å². The molecule has 1 fully saturated rings. The van der Waals surface area contributed by atoms with Crippen LogP contribution in [0, 0.1) is 0 Å². The molecule has 0 unspecified atom stereocenters. The van der Waals surface area contributed by atoms with Crippen LogP contribution in [-0.2, 0) is 13.2 Å². The van der Waals surface area contributed by atoms with E-state index in [-0.39, 0.29) is 0 Å². The number of hydrogen-bond donors (Lipinski definition) is 1. The van der Waals surface area contributed by atoms with Gasteiger partial charge in [-0.15, -0.1) is 0 Å². The predicted molar refractivity (Wildman–Crippen MR) is 82.6 cm³/mol. The Labute approximate surface area is 127 Å². The quantitative estimate of drug-likeness (QED) is 0.876. The third-order valence-corrected chi connectivity index (χ3v) is 4.06. The summed E-state index contributed by atoms with van der Waals surface area (Å²) in [7, 11) is 0. The van der Waals surface area contributed by atoms with E-state index < -0.39 is 0 Å². The maximum atomic E-state index is 5.71. The van der Waals surface area contributed by atoms with Crippen LogP contribution in [0.1, 0.15) is 24.0 Å². The number of pyridine rings is 1. The molecule has 1 saturated carbocycles. The highest BCUT2D eigenvalue weighted by atomic mass is 79.9. The highest BCUT2D eigenvalue weighted by molar-refractivity contribution is 9.10. The van der Waals surface area contributed by atoms with Crippen molar-refractivity contribution in [2.24, 2.45) is 0 Å². The second-order valence-corrected chi connectivity index (χ2v) is 5.91. The lowest BCUT2D eigenvalue weighted by Crippen LogP contribution is -2.15. The molecule has 0 atom stereocenters. The fourth-order valence-corrected chi connectivity index (χ4v) is 2.50. The number of benzene rings is 1. The van der Waals surface area contributed by atoms with Gasteiger partial charge in [-0.05, 0) is 36.6 Å². The average molecular weight is 333 g/mol. The fourth-order valence-electron chi connectivity index (χ4n) is 1.96. The molecule has 0 spiro atoms. The monoisotopic (exact) mass is 332 g/mol. The second kappa shape index (κ2) is 6.37. The molecule has 1 N–H and O–H groups in total. The molecule has 1 aromatic carbocycles. The van der Waals surface area contributed by atoms with Gasteiger partial charge in [0.2, 0.25) is 0 Å². The van der Waals surface area contributed by atoms with E-state index in [1.807, 2.05) is 12.1 Å². The van der Waals surface area contributed by atoms with Crippen molar-refractivity contribution in [2.45, 2.75) is 32.0 Å². The van der Waals surface area contributed by atoms with Crippen molar-refractivity contribution in [2.75, 3.05) is 0 Å². The second-order valence-electron chi connectivity index (χ2n) is 5.06. The van der Waals surface area contributed by atoms with Gasteiger partial charge in [-0.3, -0.25) is 4.98 Å². The van der Waals surface area contributed by atoms with Crippen molar-refractivity contribution in [3.63, 3.8) is 0 Å². The molecule has 1 aromatic heterocycles. The molecule has 0 bridgehead atoms. The van der Waals surface area contributed by atoms with Gasteiger partial charge in [0.05, 0.1) is 6.20 Å². The number of nitrogens with zero attached hydrogens (tertiary/aromatic N) is 1. The van der Waals surface area contributed by atoms with E-state index in [4.69, 9.17) is 4.74 Å². The molecule has 4 heteroatoms. The first-order chi connectivity index (χ1) is 9.81. The molecule has 20 heavy (non-hydrogen) atoms. The smallest absolute Gasteiger partial charge is 0.138 e. The summed E-state index contributed by atoms with van der Waals surface area (Å²) >= 11 is 3.62. The first-order valence-electron chi connectivity index (χ1n) is 6.85. The summed E-state index contributed by atoms with van der Waals surface area (Å²) in [6, 6.07) is 11.0. The molecular weight excluding hydrogens is 316 g/mol. The summed E-state index contributed by atoms with van der Waals surface area (Å²) in [6.07, 6.45) is 6.10. The van der Waals surface area contributed by atoms with Gasteiger partial charge in [-0.2, -0.15) is 0 Å². The molecule has 0 aliphatic heterocycles. The molecule has 1 aliphatic rings. The van der Waals surface area contributed by atoms with Crippen LogP contribution < -0.4 is 10.1 Å². The molecule has 2 aromatic rings. The van der Waals surface area contributed by atoms with Gasteiger partial charge in [0.15, 0.2) is 0 Å². The van der Waals surface area contributed by atoms with Gasteiger partial charge in [-0.25, -0.2) is 0 Å². The molecule has 1 heterocycles. The third kappa shape index (κ3) is 3.81. The standard InChI is InChI=1S/C16H17BrN2O/c17-16-8-12(9-19-14-5-6-14)3-4-13(16)11-20-15-2-1-7-18-10-15/h1-4,7-8,10,14,19H,5-6,9,11H2. The van der Waals surface area contributed by atoms with Crippen LogP contribution in [0.2, 0.25) is 0 Å². The summed E-state index contributed by atoms with van der Waals surface area (Å²) in [5.74, 6) is 0.791. The molecule has 0 amide bonds. The van der Waals surface area contributed by atoms with Crippen LogP contribution >= 0.6 is 15.9 Å². The van der Waals surface area contributed by atoms with Crippen LogP contribution in [0.25, 0.3) is 0 Å². The van der Waals surface area contributed by atoms with Crippen molar-refractivity contribution in [1.29, 1.82) is 0 Å². The van der Waals surface area contributed by atoms with E-state index in [1.54, 1.807) is 12.4 Å². The molecule has 3 nitrogen and oxygen atoms in total. The van der Waals surface area contributed by atoms with Gasteiger partial charge in [0, 0.05) is 28.8 Å². The number of nitrogens with one attached hydrogen (secondary N) is 1. The Kier molecular flexibility index (Phi) is 4.33. The lowest BCUT2D eigenvalue weighted by molar-refractivity contribution is 0.304. The third-order valence-electron chi connectivity index (χ3n) is 3.32. The normalized spacial score (nSPS) is 14.2. The summed E-state index contributed by atoms with van der Waals surface area (Å²) in [5.41, 5.74) is 2.44. The van der Waals surface area contributed by atoms with E-state index in [1.165, 1.54) is 18.4 Å². The molecular formula is C16H17BrN2O. The summed E-state index contributed by atoms with van der Waals surface area (Å²) in [5, 5.41) is 3.52. The van der Waals surface area contributed by atoms with Crippen LogP contribution in [-0.4, -0.2) is 11.0 Å². The Morgan fingerprint density at radius 3 is 2.90 bits per heavy atom. The van der Waals surface area contributed by atoms with Crippen molar-refractivity contribution in [3.8, 4) is 5.75 Å². The lowest BCUT2D eigenvalue weighted by Gasteiger charge is -2.10. The van der Waals surface area contributed by atoms with E-state index in [0.717, 1.165) is 28.4 Å². The predicted octanol–water partition coefficient (Wildman–Crippen LogP) is 3.68. The van der Waals surface area contributed by atoms with Gasteiger partial charge in [-0.1, -0.05) is 28.1 Å². The van der Waals surface area contributed by atoms with Crippen molar-refractivity contribution >= 4 is 15.9 Å². The fraction of sp³-hybridized carbons (Fsp3) is 0.312. The van der Waals surface area contributed by atoms with E-state index >= 15 is 0 Å². The zero-order valence-electron chi connectivity index (χ0n) is 11.2. The summed E-state index contributed by atoms with van der Waals surface area (Å²) in [6.45, 7) is 1.48. The number of rotatable bonds is 6. The van der Waals surface area contributed by atoms with Crippen LogP contribution in [0.15, 0.2) is 47.2 Å². The van der Waals surface area contributed by atoms with Gasteiger partial charge < -0.3 is 10.1 Å². The number of aromatic nitrogens is 1. The Morgan fingerprint density at radius 1 is 1.30 bits per heavy atom. The van der Waals surface area contributed by atoms with Crippen molar-refractivity contribution in [3.05, 3.63) is 58.3 Å². The van der Waals surface area contributed by atoms with Crippen LogP contribution in [0.3, 0.4) is 0 Å². The summed E-state index contributed by atoms with van der Waals surface area (Å²) < 4.78 is 6.81. The Bertz CT molecular complexity index is 570. The highest BCUT2D eigenvalue weighted by Crippen LogP contribution is 2.22. The molecule has 0 saturated heterocycles. The summed E-state index contributed by atoms with van der Waals surface area (Å²) in [4.78, 5) is 4.04. The Morgan fingerprint density at radius 2 is 2.20 bits per heavy atom. The minimum absolute atomic E-state index is 0.544. The topological polar surface area (TPSA) is 34.1 Å². The van der Waals surface area contributed by atoms with E-state index in [9.17, 15) is 0 Å². The van der Waals surface area contributed by atoms with Gasteiger partial charge in [0.1, 0.15) is 12.4 Å². The average Bonchev–Trinajstić information content (AvgIpc) is 3.29. The minimum Gasteiger partial charge on any atom is -0.487 e. The molecule has 0 radical (unpaired) electrons.